The second kappa shape index (κ2) is 4.87. The number of piperidine rings is 1. The van der Waals surface area contributed by atoms with Crippen molar-refractivity contribution in [3.05, 3.63) is 29.8 Å². The molecule has 1 aliphatic heterocycles. The third-order valence-corrected chi connectivity index (χ3v) is 5.02. The van der Waals surface area contributed by atoms with Crippen molar-refractivity contribution < 1.29 is 0 Å². The molecule has 19 heavy (non-hydrogen) atoms. The second-order valence-corrected chi connectivity index (χ2v) is 6.12. The third kappa shape index (κ3) is 2.34. The van der Waals surface area contributed by atoms with Crippen LogP contribution in [0.2, 0.25) is 0 Å². The van der Waals surface area contributed by atoms with Gasteiger partial charge in [-0.15, -0.1) is 0 Å². The highest BCUT2D eigenvalue weighted by molar-refractivity contribution is 6.00. The average Bonchev–Trinajstić information content (AvgIpc) is 2.88. The van der Waals surface area contributed by atoms with Crippen LogP contribution < -0.4 is 10.6 Å². The number of para-hydroxylation sites is 1. The Bertz CT molecular complexity index is 465. The summed E-state index contributed by atoms with van der Waals surface area (Å²) in [5, 5.41) is 7.71. The highest BCUT2D eigenvalue weighted by Crippen LogP contribution is 2.46. The number of nitrogens with zero attached hydrogens (tertiary/aromatic N) is 1. The molecular weight excluding hydrogens is 234 g/mol. The van der Waals surface area contributed by atoms with Crippen LogP contribution in [0, 0.1) is 10.8 Å². The molecule has 1 spiro atoms. The van der Waals surface area contributed by atoms with Gasteiger partial charge in [-0.2, -0.15) is 0 Å². The molecule has 2 aliphatic rings. The van der Waals surface area contributed by atoms with E-state index >= 15 is 0 Å². The standard InChI is InChI=1S/C16H23N3/c17-15(18)13-5-1-2-6-14(13)19-11-9-16(10-12-19)7-3-4-8-16/h1-2,5-6H,3-4,7-12H2,(H3,17,18). The van der Waals surface area contributed by atoms with Gasteiger partial charge in [0.15, 0.2) is 0 Å². The van der Waals surface area contributed by atoms with Gasteiger partial charge in [-0.3, -0.25) is 5.41 Å². The Hall–Kier alpha value is -1.51. The monoisotopic (exact) mass is 257 g/mol. The first kappa shape index (κ1) is 12.5. The zero-order valence-corrected chi connectivity index (χ0v) is 11.5. The van der Waals surface area contributed by atoms with Gasteiger partial charge >= 0.3 is 0 Å². The Morgan fingerprint density at radius 3 is 2.32 bits per heavy atom. The molecule has 1 aromatic rings. The molecule has 0 amide bonds. The number of anilines is 1. The lowest BCUT2D eigenvalue weighted by molar-refractivity contribution is 0.226. The maximum Gasteiger partial charge on any atom is 0.124 e. The number of nitrogen functional groups attached to an aromatic ring is 1. The first-order valence-electron chi connectivity index (χ1n) is 7.39. The van der Waals surface area contributed by atoms with Crippen LogP contribution in [0.3, 0.4) is 0 Å². The summed E-state index contributed by atoms with van der Waals surface area (Å²) in [7, 11) is 0. The number of hydrogen-bond acceptors (Lipinski definition) is 2. The van der Waals surface area contributed by atoms with E-state index in [9.17, 15) is 0 Å². The molecule has 2 fully saturated rings. The van der Waals surface area contributed by atoms with Crippen molar-refractivity contribution in [1.29, 1.82) is 5.41 Å². The molecule has 1 heterocycles. The Morgan fingerprint density at radius 2 is 1.68 bits per heavy atom. The molecule has 1 aliphatic carbocycles. The fourth-order valence-electron chi connectivity index (χ4n) is 3.82. The van der Waals surface area contributed by atoms with Gasteiger partial charge in [0, 0.05) is 24.3 Å². The second-order valence-electron chi connectivity index (χ2n) is 6.12. The van der Waals surface area contributed by atoms with Crippen LogP contribution in [-0.4, -0.2) is 18.9 Å². The van der Waals surface area contributed by atoms with Crippen molar-refractivity contribution in [2.75, 3.05) is 18.0 Å². The van der Waals surface area contributed by atoms with E-state index < -0.39 is 0 Å². The maximum absolute atomic E-state index is 7.71. The molecular formula is C16H23N3. The van der Waals surface area contributed by atoms with Crippen molar-refractivity contribution in [1.82, 2.24) is 0 Å². The molecule has 3 heteroatoms. The van der Waals surface area contributed by atoms with Crippen molar-refractivity contribution in [2.24, 2.45) is 11.1 Å². The van der Waals surface area contributed by atoms with Crippen molar-refractivity contribution in [3.8, 4) is 0 Å². The van der Waals surface area contributed by atoms with Crippen LogP contribution in [-0.2, 0) is 0 Å². The van der Waals surface area contributed by atoms with E-state index in [4.69, 9.17) is 11.1 Å². The summed E-state index contributed by atoms with van der Waals surface area (Å²) in [6.45, 7) is 2.23. The van der Waals surface area contributed by atoms with E-state index in [0.29, 0.717) is 5.41 Å². The van der Waals surface area contributed by atoms with E-state index in [1.165, 1.54) is 38.5 Å². The summed E-state index contributed by atoms with van der Waals surface area (Å²) < 4.78 is 0. The molecule has 102 valence electrons. The minimum absolute atomic E-state index is 0.178. The SMILES string of the molecule is N=C(N)c1ccccc1N1CCC2(CCCC2)CC1. The molecule has 1 saturated heterocycles. The molecule has 3 nitrogen and oxygen atoms in total. The highest BCUT2D eigenvalue weighted by Gasteiger charge is 2.37. The Kier molecular flexibility index (Phi) is 3.21. The quantitative estimate of drug-likeness (QED) is 0.631. The first-order valence-corrected chi connectivity index (χ1v) is 7.39. The van der Waals surface area contributed by atoms with Crippen LogP contribution in [0.4, 0.5) is 5.69 Å². The summed E-state index contributed by atoms with van der Waals surface area (Å²) in [6, 6.07) is 8.06. The van der Waals surface area contributed by atoms with Crippen LogP contribution in [0.15, 0.2) is 24.3 Å². The number of rotatable bonds is 2. The van der Waals surface area contributed by atoms with Gasteiger partial charge in [0.1, 0.15) is 5.84 Å². The van der Waals surface area contributed by atoms with Crippen molar-refractivity contribution >= 4 is 11.5 Å². The maximum atomic E-state index is 7.71. The van der Waals surface area contributed by atoms with Gasteiger partial charge in [-0.25, -0.2) is 0 Å². The van der Waals surface area contributed by atoms with Crippen LogP contribution in [0.1, 0.15) is 44.1 Å². The Morgan fingerprint density at radius 1 is 1.05 bits per heavy atom. The molecule has 3 rings (SSSR count). The Balaban J connectivity index is 1.76. The zero-order chi connectivity index (χ0) is 13.3. The third-order valence-electron chi connectivity index (χ3n) is 5.02. The van der Waals surface area contributed by atoms with Crippen LogP contribution in [0.25, 0.3) is 0 Å². The topological polar surface area (TPSA) is 53.1 Å². The lowest BCUT2D eigenvalue weighted by Crippen LogP contribution is -2.39. The number of nitrogens with two attached hydrogens (primary N) is 1. The van der Waals surface area contributed by atoms with Gasteiger partial charge in [0.2, 0.25) is 0 Å². The van der Waals surface area contributed by atoms with Gasteiger partial charge < -0.3 is 10.6 Å². The summed E-state index contributed by atoms with van der Waals surface area (Å²) in [5.74, 6) is 0.178. The van der Waals surface area contributed by atoms with Crippen LogP contribution in [0.5, 0.6) is 0 Å². The van der Waals surface area contributed by atoms with Gasteiger partial charge in [0.25, 0.3) is 0 Å². The number of nitrogens with one attached hydrogen (secondary N) is 1. The number of hydrogen-bond donors (Lipinski definition) is 2. The molecule has 0 bridgehead atoms. The van der Waals surface area contributed by atoms with Crippen LogP contribution >= 0.6 is 0 Å². The predicted octanol–water partition coefficient (Wildman–Crippen LogP) is 3.13. The summed E-state index contributed by atoms with van der Waals surface area (Å²) in [4.78, 5) is 2.42. The first-order chi connectivity index (χ1) is 9.20. The van der Waals surface area contributed by atoms with Crippen molar-refractivity contribution in [3.63, 3.8) is 0 Å². The minimum Gasteiger partial charge on any atom is -0.384 e. The van der Waals surface area contributed by atoms with E-state index in [-0.39, 0.29) is 5.84 Å². The molecule has 3 N–H and O–H groups in total. The molecule has 0 aromatic heterocycles. The van der Waals surface area contributed by atoms with E-state index in [2.05, 4.69) is 11.0 Å². The van der Waals surface area contributed by atoms with E-state index in [1.54, 1.807) is 0 Å². The molecule has 1 saturated carbocycles. The smallest absolute Gasteiger partial charge is 0.124 e. The summed E-state index contributed by atoms with van der Waals surface area (Å²) in [6.07, 6.45) is 8.30. The fraction of sp³-hybridized carbons (Fsp3) is 0.562. The van der Waals surface area contributed by atoms with E-state index in [0.717, 1.165) is 24.3 Å². The lowest BCUT2D eigenvalue weighted by atomic mass is 9.77. The molecule has 0 unspecified atom stereocenters. The van der Waals surface area contributed by atoms with Gasteiger partial charge in [-0.1, -0.05) is 25.0 Å². The van der Waals surface area contributed by atoms with E-state index in [1.807, 2.05) is 18.2 Å². The minimum atomic E-state index is 0.178. The molecule has 1 aromatic carbocycles. The fourth-order valence-corrected chi connectivity index (χ4v) is 3.82. The summed E-state index contributed by atoms with van der Waals surface area (Å²) >= 11 is 0. The van der Waals surface area contributed by atoms with Gasteiger partial charge in [-0.05, 0) is 43.2 Å². The highest BCUT2D eigenvalue weighted by atomic mass is 15.1. The lowest BCUT2D eigenvalue weighted by Gasteiger charge is -2.41. The summed E-state index contributed by atoms with van der Waals surface area (Å²) in [5.41, 5.74) is 8.36. The molecule has 0 radical (unpaired) electrons. The van der Waals surface area contributed by atoms with Crippen molar-refractivity contribution in [2.45, 2.75) is 38.5 Å². The number of benzene rings is 1. The van der Waals surface area contributed by atoms with Gasteiger partial charge in [0.05, 0.1) is 0 Å². The molecule has 0 atom stereocenters. The zero-order valence-electron chi connectivity index (χ0n) is 11.5. The average molecular weight is 257 g/mol. The normalized spacial score (nSPS) is 21.8. The number of amidine groups is 1. The predicted molar refractivity (Wildman–Crippen MR) is 79.8 cm³/mol. The Labute approximate surface area is 115 Å². The largest absolute Gasteiger partial charge is 0.384 e.